The summed E-state index contributed by atoms with van der Waals surface area (Å²) in [4.78, 5) is 12.6. The molecule has 4 heteroatoms. The van der Waals surface area contributed by atoms with Crippen molar-refractivity contribution in [2.45, 2.75) is 46.1 Å². The van der Waals surface area contributed by atoms with Gasteiger partial charge in [-0.3, -0.25) is 9.48 Å². The summed E-state index contributed by atoms with van der Waals surface area (Å²) in [6.45, 7) is 5.04. The van der Waals surface area contributed by atoms with Gasteiger partial charge in [0.2, 0.25) is 5.78 Å². The van der Waals surface area contributed by atoms with E-state index in [-0.39, 0.29) is 5.78 Å². The minimum Gasteiger partial charge on any atom is -0.493 e. The van der Waals surface area contributed by atoms with Crippen LogP contribution in [0.5, 0.6) is 5.75 Å². The van der Waals surface area contributed by atoms with Gasteiger partial charge in [0, 0.05) is 6.54 Å². The highest BCUT2D eigenvalue weighted by molar-refractivity contribution is 6.09. The quantitative estimate of drug-likeness (QED) is 0.765. The number of hydrogen-bond donors (Lipinski definition) is 0. The summed E-state index contributed by atoms with van der Waals surface area (Å²) in [6.07, 6.45) is 7.60. The van der Waals surface area contributed by atoms with Crippen LogP contribution in [0.3, 0.4) is 0 Å². The van der Waals surface area contributed by atoms with Crippen molar-refractivity contribution in [3.05, 3.63) is 23.5 Å². The largest absolute Gasteiger partial charge is 0.493 e. The van der Waals surface area contributed by atoms with Gasteiger partial charge in [-0.25, -0.2) is 0 Å². The van der Waals surface area contributed by atoms with E-state index in [9.17, 15) is 4.79 Å². The maximum atomic E-state index is 12.6. The lowest BCUT2D eigenvalue weighted by molar-refractivity contribution is 0.101. The third-order valence-electron chi connectivity index (χ3n) is 3.64. The van der Waals surface area contributed by atoms with Gasteiger partial charge in [-0.1, -0.05) is 19.9 Å². The topological polar surface area (TPSA) is 44.1 Å². The molecule has 1 heterocycles. The molecule has 19 heavy (non-hydrogen) atoms. The van der Waals surface area contributed by atoms with Crippen LogP contribution in [0.1, 0.15) is 50.0 Å². The zero-order valence-electron chi connectivity index (χ0n) is 12.0. The van der Waals surface area contributed by atoms with Crippen molar-refractivity contribution in [3.8, 4) is 5.75 Å². The molecule has 0 radical (unpaired) electrons. The molecule has 0 bridgehead atoms. The summed E-state index contributed by atoms with van der Waals surface area (Å²) in [5.41, 5.74) is 1.51. The summed E-state index contributed by atoms with van der Waals surface area (Å²) >= 11 is 0. The van der Waals surface area contributed by atoms with Crippen LogP contribution >= 0.6 is 0 Å². The number of aryl methyl sites for hydroxylation is 1. The summed E-state index contributed by atoms with van der Waals surface area (Å²) < 4.78 is 7.04. The first-order chi connectivity index (χ1) is 9.17. The Morgan fingerprint density at radius 1 is 1.58 bits per heavy atom. The Labute approximate surface area is 114 Å². The minimum absolute atomic E-state index is 0.0784. The van der Waals surface area contributed by atoms with Gasteiger partial charge in [0.15, 0.2) is 11.4 Å². The van der Waals surface area contributed by atoms with Crippen molar-refractivity contribution in [2.75, 3.05) is 7.11 Å². The van der Waals surface area contributed by atoms with Crippen LogP contribution in [0, 0.1) is 5.92 Å². The SMILES string of the molecule is CCCn1ncc(OC)c1C(=O)C1=CCC(C)CC1. The Hall–Kier alpha value is -1.58. The number of Topliss-reactive ketones (excluding diaryl/α,β-unsaturated/α-hetero) is 1. The first kappa shape index (κ1) is 13.8. The van der Waals surface area contributed by atoms with Crippen molar-refractivity contribution in [2.24, 2.45) is 5.92 Å². The molecule has 1 aromatic rings. The van der Waals surface area contributed by atoms with Crippen LogP contribution in [0.15, 0.2) is 17.8 Å². The summed E-state index contributed by atoms with van der Waals surface area (Å²) in [5, 5.41) is 4.25. The second-order valence-corrected chi connectivity index (χ2v) is 5.22. The maximum Gasteiger partial charge on any atom is 0.210 e. The summed E-state index contributed by atoms with van der Waals surface area (Å²) in [6, 6.07) is 0. The highest BCUT2D eigenvalue weighted by Crippen LogP contribution is 2.28. The molecule has 2 rings (SSSR count). The predicted octanol–water partition coefficient (Wildman–Crippen LogP) is 3.23. The number of methoxy groups -OCH3 is 1. The lowest BCUT2D eigenvalue weighted by Crippen LogP contribution is -2.16. The average Bonchev–Trinajstić information content (AvgIpc) is 2.82. The fraction of sp³-hybridized carbons (Fsp3) is 0.600. The fourth-order valence-electron chi connectivity index (χ4n) is 2.45. The normalized spacial score (nSPS) is 19.1. The Morgan fingerprint density at radius 2 is 2.37 bits per heavy atom. The summed E-state index contributed by atoms with van der Waals surface area (Å²) in [5.74, 6) is 1.34. The van der Waals surface area contributed by atoms with E-state index in [4.69, 9.17) is 4.74 Å². The van der Waals surface area contributed by atoms with Gasteiger partial charge in [-0.2, -0.15) is 5.10 Å². The molecule has 0 aliphatic heterocycles. The fourth-order valence-corrected chi connectivity index (χ4v) is 2.45. The van der Waals surface area contributed by atoms with Crippen molar-refractivity contribution in [3.63, 3.8) is 0 Å². The molecule has 0 amide bonds. The van der Waals surface area contributed by atoms with Crippen molar-refractivity contribution in [1.82, 2.24) is 9.78 Å². The van der Waals surface area contributed by atoms with Gasteiger partial charge in [0.25, 0.3) is 0 Å². The smallest absolute Gasteiger partial charge is 0.210 e. The van der Waals surface area contributed by atoms with Gasteiger partial charge in [-0.15, -0.1) is 0 Å². The van der Waals surface area contributed by atoms with E-state index < -0.39 is 0 Å². The highest BCUT2D eigenvalue weighted by Gasteiger charge is 2.24. The van der Waals surface area contributed by atoms with Gasteiger partial charge >= 0.3 is 0 Å². The number of rotatable bonds is 5. The Morgan fingerprint density at radius 3 is 2.95 bits per heavy atom. The third kappa shape index (κ3) is 2.88. The molecule has 1 aliphatic rings. The number of nitrogens with zero attached hydrogens (tertiary/aromatic N) is 2. The lowest BCUT2D eigenvalue weighted by atomic mass is 9.88. The van der Waals surface area contributed by atoms with E-state index in [0.717, 1.165) is 37.8 Å². The molecular formula is C15H22N2O2. The Bertz CT molecular complexity index is 488. The zero-order valence-corrected chi connectivity index (χ0v) is 12.0. The highest BCUT2D eigenvalue weighted by atomic mass is 16.5. The van der Waals surface area contributed by atoms with E-state index in [2.05, 4.69) is 25.0 Å². The Kier molecular flexibility index (Phi) is 4.40. The molecule has 0 saturated heterocycles. The minimum atomic E-state index is 0.0784. The zero-order chi connectivity index (χ0) is 13.8. The lowest BCUT2D eigenvalue weighted by Gasteiger charge is -2.18. The molecule has 1 aliphatic carbocycles. The van der Waals surface area contributed by atoms with E-state index in [1.165, 1.54) is 0 Å². The molecule has 1 atom stereocenters. The monoisotopic (exact) mass is 262 g/mol. The number of allylic oxidation sites excluding steroid dienone is 2. The number of ketones is 1. The number of ether oxygens (including phenoxy) is 1. The molecule has 0 spiro atoms. The van der Waals surface area contributed by atoms with Crippen LogP contribution in [-0.2, 0) is 6.54 Å². The van der Waals surface area contributed by atoms with Crippen LogP contribution in [0.25, 0.3) is 0 Å². The average molecular weight is 262 g/mol. The summed E-state index contributed by atoms with van der Waals surface area (Å²) in [7, 11) is 1.58. The molecule has 1 unspecified atom stereocenters. The molecule has 0 N–H and O–H groups in total. The molecule has 104 valence electrons. The van der Waals surface area contributed by atoms with Crippen LogP contribution in [0.2, 0.25) is 0 Å². The maximum absolute atomic E-state index is 12.6. The van der Waals surface area contributed by atoms with Gasteiger partial charge < -0.3 is 4.74 Å². The number of aromatic nitrogens is 2. The van der Waals surface area contributed by atoms with Gasteiger partial charge in [0.1, 0.15) is 0 Å². The molecule has 0 fully saturated rings. The van der Waals surface area contributed by atoms with E-state index in [1.807, 2.05) is 0 Å². The van der Waals surface area contributed by atoms with E-state index >= 15 is 0 Å². The van der Waals surface area contributed by atoms with E-state index in [0.29, 0.717) is 17.4 Å². The van der Waals surface area contributed by atoms with Gasteiger partial charge in [-0.05, 0) is 37.2 Å². The van der Waals surface area contributed by atoms with Crippen LogP contribution < -0.4 is 4.74 Å². The molecular weight excluding hydrogens is 240 g/mol. The van der Waals surface area contributed by atoms with Crippen LogP contribution in [0.4, 0.5) is 0 Å². The van der Waals surface area contributed by atoms with Crippen molar-refractivity contribution in [1.29, 1.82) is 0 Å². The van der Waals surface area contributed by atoms with Crippen LogP contribution in [-0.4, -0.2) is 22.7 Å². The van der Waals surface area contributed by atoms with E-state index in [1.54, 1.807) is 18.0 Å². The second-order valence-electron chi connectivity index (χ2n) is 5.22. The number of carbonyl (C=O) groups is 1. The standard InChI is InChI=1S/C15H22N2O2/c1-4-9-17-14(13(19-3)10-16-17)15(18)12-7-5-11(2)6-8-12/h7,10-11H,4-6,8-9H2,1-3H3. The Balaban J connectivity index is 2.29. The molecule has 0 saturated carbocycles. The predicted molar refractivity (Wildman–Crippen MR) is 74.5 cm³/mol. The molecule has 4 nitrogen and oxygen atoms in total. The number of hydrogen-bond acceptors (Lipinski definition) is 3. The molecule has 0 aromatic carbocycles. The van der Waals surface area contributed by atoms with Crippen molar-refractivity contribution < 1.29 is 9.53 Å². The third-order valence-corrected chi connectivity index (χ3v) is 3.64. The number of carbonyl (C=O) groups excluding carboxylic acids is 1. The first-order valence-corrected chi connectivity index (χ1v) is 7.00. The molecule has 1 aromatic heterocycles. The first-order valence-electron chi connectivity index (χ1n) is 7.00. The second kappa shape index (κ2) is 6.04. The van der Waals surface area contributed by atoms with Crippen molar-refractivity contribution >= 4 is 5.78 Å². The van der Waals surface area contributed by atoms with Gasteiger partial charge in [0.05, 0.1) is 13.3 Å².